The van der Waals surface area contributed by atoms with Gasteiger partial charge in [-0.2, -0.15) is 0 Å². The molecule has 0 aromatic carbocycles. The van der Waals surface area contributed by atoms with Gasteiger partial charge in [-0.15, -0.1) is 0 Å². The van der Waals surface area contributed by atoms with E-state index in [0.717, 1.165) is 6.07 Å². The summed E-state index contributed by atoms with van der Waals surface area (Å²) < 4.78 is 12.4. The molecule has 2 nitrogen and oxygen atoms in total. The van der Waals surface area contributed by atoms with Crippen molar-refractivity contribution >= 4 is 0 Å². The normalized spacial score (nSPS) is 9.56. The number of aryl methyl sites for hydroxylation is 1. The van der Waals surface area contributed by atoms with E-state index in [0.29, 0.717) is 5.56 Å². The molecule has 0 aliphatic heterocycles. The van der Waals surface area contributed by atoms with Gasteiger partial charge < -0.3 is 4.98 Å². The molecule has 1 aromatic heterocycles. The molecule has 0 atom stereocenters. The van der Waals surface area contributed by atoms with Gasteiger partial charge in [0.15, 0.2) is 0 Å². The molecule has 1 N–H and O–H groups in total. The highest BCUT2D eigenvalue weighted by Gasteiger charge is 1.93. The van der Waals surface area contributed by atoms with Crippen LogP contribution >= 0.6 is 0 Å². The zero-order valence-electron chi connectivity index (χ0n) is 4.94. The Bertz CT molecular complexity index is 266. The van der Waals surface area contributed by atoms with Gasteiger partial charge in [0.1, 0.15) is 5.82 Å². The Morgan fingerprint density at radius 2 is 2.33 bits per heavy atom. The van der Waals surface area contributed by atoms with Crippen LogP contribution in [0.1, 0.15) is 5.56 Å². The Morgan fingerprint density at radius 1 is 1.67 bits per heavy atom. The molecule has 0 aliphatic rings. The number of pyridine rings is 1. The average molecular weight is 127 g/mol. The predicted octanol–water partition coefficient (Wildman–Crippen LogP) is 0.822. The van der Waals surface area contributed by atoms with Crippen molar-refractivity contribution in [2.24, 2.45) is 0 Å². The van der Waals surface area contributed by atoms with Crippen LogP contribution in [0.5, 0.6) is 0 Å². The van der Waals surface area contributed by atoms with Crippen LogP contribution in [0.25, 0.3) is 0 Å². The molecule has 3 heteroatoms. The molecule has 0 saturated heterocycles. The minimum absolute atomic E-state index is 0.405. The summed E-state index contributed by atoms with van der Waals surface area (Å²) in [5, 5.41) is 0. The van der Waals surface area contributed by atoms with Crippen LogP contribution in [-0.2, 0) is 0 Å². The first-order valence-electron chi connectivity index (χ1n) is 2.55. The highest BCUT2D eigenvalue weighted by molar-refractivity contribution is 5.08. The van der Waals surface area contributed by atoms with Crippen LogP contribution in [0.2, 0.25) is 0 Å². The molecule has 0 aliphatic carbocycles. The molecule has 0 fully saturated rings. The molecule has 1 heterocycles. The Hall–Kier alpha value is -1.12. The second-order valence-corrected chi connectivity index (χ2v) is 1.83. The first-order valence-corrected chi connectivity index (χ1v) is 2.55. The molecule has 9 heavy (non-hydrogen) atoms. The van der Waals surface area contributed by atoms with Gasteiger partial charge in [-0.1, -0.05) is 0 Å². The van der Waals surface area contributed by atoms with E-state index in [9.17, 15) is 9.18 Å². The Kier molecular flexibility index (Phi) is 1.34. The van der Waals surface area contributed by atoms with E-state index < -0.39 is 11.4 Å². The van der Waals surface area contributed by atoms with Crippen molar-refractivity contribution in [1.29, 1.82) is 0 Å². The zero-order chi connectivity index (χ0) is 6.85. The van der Waals surface area contributed by atoms with Crippen molar-refractivity contribution in [2.75, 3.05) is 0 Å². The molecular formula is C6H6FNO. The predicted molar refractivity (Wildman–Crippen MR) is 31.8 cm³/mol. The fourth-order valence-corrected chi connectivity index (χ4v) is 0.519. The molecule has 0 saturated carbocycles. The van der Waals surface area contributed by atoms with Crippen LogP contribution in [0.4, 0.5) is 4.39 Å². The van der Waals surface area contributed by atoms with Gasteiger partial charge in [-0.3, -0.25) is 4.79 Å². The maximum Gasteiger partial charge on any atom is 0.250 e. The molecule has 1 rings (SSSR count). The van der Waals surface area contributed by atoms with Crippen LogP contribution in [0.3, 0.4) is 0 Å². The van der Waals surface area contributed by atoms with Crippen molar-refractivity contribution in [1.82, 2.24) is 4.98 Å². The number of aromatic nitrogens is 1. The second kappa shape index (κ2) is 2.01. The lowest BCUT2D eigenvalue weighted by Gasteiger charge is -1.89. The standard InChI is InChI=1S/C6H6FNO/c1-4-3-8-6(9)2-5(4)7/h2-3H,1H3,(H,8,9). The first kappa shape index (κ1) is 6.01. The number of hydrogen-bond acceptors (Lipinski definition) is 1. The molecule has 0 unspecified atom stereocenters. The number of H-pyrrole nitrogens is 1. The SMILES string of the molecule is Cc1c[nH]c(=O)cc1F. The molecular weight excluding hydrogens is 121 g/mol. The van der Waals surface area contributed by atoms with Crippen molar-refractivity contribution in [2.45, 2.75) is 6.92 Å². The first-order chi connectivity index (χ1) is 4.20. The van der Waals surface area contributed by atoms with Crippen LogP contribution in [0.15, 0.2) is 17.1 Å². The zero-order valence-corrected chi connectivity index (χ0v) is 4.94. The highest BCUT2D eigenvalue weighted by atomic mass is 19.1. The van der Waals surface area contributed by atoms with E-state index in [-0.39, 0.29) is 0 Å². The minimum Gasteiger partial charge on any atom is -0.329 e. The summed E-state index contributed by atoms with van der Waals surface area (Å²) >= 11 is 0. The van der Waals surface area contributed by atoms with Gasteiger partial charge in [0.25, 0.3) is 5.56 Å². The topological polar surface area (TPSA) is 32.9 Å². The molecule has 48 valence electrons. The fraction of sp³-hybridized carbons (Fsp3) is 0.167. The Morgan fingerprint density at radius 3 is 2.78 bits per heavy atom. The maximum atomic E-state index is 12.4. The van der Waals surface area contributed by atoms with Crippen molar-refractivity contribution in [3.05, 3.63) is 34.0 Å². The number of rotatable bonds is 0. The fourth-order valence-electron chi connectivity index (χ4n) is 0.519. The van der Waals surface area contributed by atoms with E-state index >= 15 is 0 Å². The van der Waals surface area contributed by atoms with Gasteiger partial charge in [-0.25, -0.2) is 4.39 Å². The monoisotopic (exact) mass is 127 g/mol. The summed E-state index contributed by atoms with van der Waals surface area (Å²) in [5.41, 5.74) is 0.0488. The number of aromatic amines is 1. The summed E-state index contributed by atoms with van der Waals surface area (Å²) in [7, 11) is 0. The summed E-state index contributed by atoms with van der Waals surface area (Å²) in [6, 6.07) is 0.926. The molecule has 0 bridgehead atoms. The highest BCUT2D eigenvalue weighted by Crippen LogP contribution is 1.96. The number of halogens is 1. The smallest absolute Gasteiger partial charge is 0.250 e. The third-order valence-electron chi connectivity index (χ3n) is 1.07. The third-order valence-corrected chi connectivity index (χ3v) is 1.07. The Labute approximate surface area is 51.3 Å². The number of hydrogen-bond donors (Lipinski definition) is 1. The van der Waals surface area contributed by atoms with Gasteiger partial charge in [0.05, 0.1) is 0 Å². The molecule has 0 amide bonds. The summed E-state index contributed by atoms with van der Waals surface area (Å²) in [5.74, 6) is -0.459. The average Bonchev–Trinajstić information content (AvgIpc) is 1.80. The van der Waals surface area contributed by atoms with Gasteiger partial charge >= 0.3 is 0 Å². The Balaban J connectivity index is 3.34. The molecule has 1 aromatic rings. The van der Waals surface area contributed by atoms with Gasteiger partial charge in [0, 0.05) is 17.8 Å². The second-order valence-electron chi connectivity index (χ2n) is 1.83. The number of nitrogens with one attached hydrogen (secondary N) is 1. The summed E-state index contributed by atoms with van der Waals surface area (Å²) in [6.07, 6.45) is 1.34. The lowest BCUT2D eigenvalue weighted by atomic mass is 10.3. The minimum atomic E-state index is -0.459. The summed E-state index contributed by atoms with van der Waals surface area (Å²) in [6.45, 7) is 1.59. The van der Waals surface area contributed by atoms with Crippen LogP contribution < -0.4 is 5.56 Å². The van der Waals surface area contributed by atoms with Gasteiger partial charge in [-0.05, 0) is 6.92 Å². The molecule has 0 radical (unpaired) electrons. The summed E-state index contributed by atoms with van der Waals surface area (Å²) in [4.78, 5) is 12.7. The molecule has 0 spiro atoms. The maximum absolute atomic E-state index is 12.4. The van der Waals surface area contributed by atoms with Crippen LogP contribution in [0, 0.1) is 12.7 Å². The quantitative estimate of drug-likeness (QED) is 0.550. The van der Waals surface area contributed by atoms with E-state index in [4.69, 9.17) is 0 Å². The van der Waals surface area contributed by atoms with E-state index in [2.05, 4.69) is 4.98 Å². The van der Waals surface area contributed by atoms with Crippen molar-refractivity contribution in [3.8, 4) is 0 Å². The lowest BCUT2D eigenvalue weighted by Crippen LogP contribution is -2.04. The van der Waals surface area contributed by atoms with Gasteiger partial charge in [0.2, 0.25) is 0 Å². The van der Waals surface area contributed by atoms with Crippen molar-refractivity contribution in [3.63, 3.8) is 0 Å². The van der Waals surface area contributed by atoms with Crippen molar-refractivity contribution < 1.29 is 4.39 Å². The third kappa shape index (κ3) is 1.16. The van der Waals surface area contributed by atoms with E-state index in [1.54, 1.807) is 6.92 Å². The van der Waals surface area contributed by atoms with E-state index in [1.165, 1.54) is 6.20 Å². The largest absolute Gasteiger partial charge is 0.329 e. The van der Waals surface area contributed by atoms with E-state index in [1.807, 2.05) is 0 Å². The lowest BCUT2D eigenvalue weighted by molar-refractivity contribution is 0.613. The van der Waals surface area contributed by atoms with Crippen LogP contribution in [-0.4, -0.2) is 4.98 Å².